The molecule has 1 aliphatic carbocycles. The van der Waals surface area contributed by atoms with Crippen LogP contribution in [0.3, 0.4) is 0 Å². The van der Waals surface area contributed by atoms with Crippen molar-refractivity contribution in [1.29, 1.82) is 0 Å². The van der Waals surface area contributed by atoms with Gasteiger partial charge in [-0.05, 0) is 41.1 Å². The first-order valence-electron chi connectivity index (χ1n) is 5.57. The predicted molar refractivity (Wildman–Crippen MR) is 71.1 cm³/mol. The molecule has 0 aliphatic heterocycles. The van der Waals surface area contributed by atoms with E-state index in [0.29, 0.717) is 0 Å². The lowest BCUT2D eigenvalue weighted by atomic mass is 10.0. The molecule has 1 nitrogen and oxygen atoms in total. The van der Waals surface area contributed by atoms with E-state index in [9.17, 15) is 0 Å². The summed E-state index contributed by atoms with van der Waals surface area (Å²) in [6.45, 7) is 0.831. The van der Waals surface area contributed by atoms with Crippen LogP contribution in [0.15, 0.2) is 42.5 Å². The van der Waals surface area contributed by atoms with Gasteiger partial charge in [-0.2, -0.15) is 0 Å². The molecule has 0 heterocycles. The lowest BCUT2D eigenvalue weighted by molar-refractivity contribution is 0.810. The van der Waals surface area contributed by atoms with Crippen LogP contribution in [0.25, 0.3) is 10.8 Å². The van der Waals surface area contributed by atoms with Gasteiger partial charge in [0.25, 0.3) is 0 Å². The predicted octanol–water partition coefficient (Wildman–Crippen LogP) is 3.32. The molecule has 2 aromatic carbocycles. The summed E-state index contributed by atoms with van der Waals surface area (Å²) >= 11 is 0. The molecule has 0 unspecified atom stereocenters. The Morgan fingerprint density at radius 2 is 1.81 bits per heavy atom. The average molecular weight is 234 g/mol. The smallest absolute Gasteiger partial charge is 0.00428 e. The largest absolute Gasteiger partial charge is 0.330 e. The third-order valence-electron chi connectivity index (χ3n) is 3.43. The Kier molecular flexibility index (Phi) is 3.17. The van der Waals surface area contributed by atoms with E-state index in [4.69, 9.17) is 5.73 Å². The molecule has 1 fully saturated rings. The van der Waals surface area contributed by atoms with Gasteiger partial charge in [0, 0.05) is 0 Å². The van der Waals surface area contributed by atoms with Crippen LogP contribution in [0.2, 0.25) is 0 Å². The van der Waals surface area contributed by atoms with Gasteiger partial charge in [-0.1, -0.05) is 42.5 Å². The highest BCUT2D eigenvalue weighted by molar-refractivity contribution is 5.85. The van der Waals surface area contributed by atoms with Crippen LogP contribution in [0.5, 0.6) is 0 Å². The lowest BCUT2D eigenvalue weighted by Crippen LogP contribution is -2.01. The standard InChI is InChI=1S/C14H15N.ClH/c15-9-13-8-14(13)12-6-5-10-3-1-2-4-11(10)7-12;/h1-7,13-14H,8-9,15H2;1H/t13-,14-;/m1./s1. The summed E-state index contributed by atoms with van der Waals surface area (Å²) in [6, 6.07) is 15.3. The van der Waals surface area contributed by atoms with E-state index in [1.54, 1.807) is 0 Å². The van der Waals surface area contributed by atoms with Gasteiger partial charge in [0.2, 0.25) is 0 Å². The third-order valence-corrected chi connectivity index (χ3v) is 3.43. The first-order valence-corrected chi connectivity index (χ1v) is 5.57. The molecule has 2 atom stereocenters. The molecule has 0 amide bonds. The topological polar surface area (TPSA) is 26.0 Å². The molecule has 16 heavy (non-hydrogen) atoms. The van der Waals surface area contributed by atoms with Gasteiger partial charge < -0.3 is 5.73 Å². The van der Waals surface area contributed by atoms with Gasteiger partial charge in [0.1, 0.15) is 0 Å². The Labute approximate surface area is 102 Å². The fraction of sp³-hybridized carbons (Fsp3) is 0.286. The summed E-state index contributed by atoms with van der Waals surface area (Å²) in [5, 5.41) is 2.67. The Morgan fingerprint density at radius 3 is 2.50 bits per heavy atom. The van der Waals surface area contributed by atoms with Crippen molar-refractivity contribution in [2.24, 2.45) is 11.7 Å². The molecular weight excluding hydrogens is 218 g/mol. The van der Waals surface area contributed by atoms with Gasteiger partial charge >= 0.3 is 0 Å². The first-order chi connectivity index (χ1) is 7.38. The summed E-state index contributed by atoms with van der Waals surface area (Å²) in [4.78, 5) is 0. The van der Waals surface area contributed by atoms with Gasteiger partial charge in [-0.15, -0.1) is 12.4 Å². The summed E-state index contributed by atoms with van der Waals surface area (Å²) in [5.74, 6) is 1.45. The van der Waals surface area contributed by atoms with Crippen molar-refractivity contribution in [3.8, 4) is 0 Å². The number of halogens is 1. The van der Waals surface area contributed by atoms with Gasteiger partial charge in [0.15, 0.2) is 0 Å². The van der Waals surface area contributed by atoms with E-state index in [2.05, 4.69) is 42.5 Å². The highest BCUT2D eigenvalue weighted by atomic mass is 35.5. The fourth-order valence-electron chi connectivity index (χ4n) is 2.35. The van der Waals surface area contributed by atoms with Crippen LogP contribution in [0.4, 0.5) is 0 Å². The van der Waals surface area contributed by atoms with E-state index in [1.807, 2.05) is 0 Å². The van der Waals surface area contributed by atoms with Gasteiger partial charge in [0.05, 0.1) is 0 Å². The van der Waals surface area contributed by atoms with E-state index in [1.165, 1.54) is 22.8 Å². The second kappa shape index (κ2) is 4.44. The molecule has 84 valence electrons. The van der Waals surface area contributed by atoms with Crippen LogP contribution in [0, 0.1) is 5.92 Å². The minimum absolute atomic E-state index is 0. The molecular formula is C14H16ClN. The Hall–Kier alpha value is -1.05. The Morgan fingerprint density at radius 1 is 1.06 bits per heavy atom. The van der Waals surface area contributed by atoms with Crippen molar-refractivity contribution in [2.75, 3.05) is 6.54 Å². The highest BCUT2D eigenvalue weighted by Gasteiger charge is 2.36. The second-order valence-electron chi connectivity index (χ2n) is 4.44. The van der Waals surface area contributed by atoms with Gasteiger partial charge in [-0.3, -0.25) is 0 Å². The number of nitrogens with two attached hydrogens (primary N) is 1. The third kappa shape index (κ3) is 1.93. The van der Waals surface area contributed by atoms with Crippen molar-refractivity contribution in [1.82, 2.24) is 0 Å². The molecule has 2 N–H and O–H groups in total. The monoisotopic (exact) mass is 233 g/mol. The summed E-state index contributed by atoms with van der Waals surface area (Å²) in [6.07, 6.45) is 1.27. The molecule has 0 radical (unpaired) electrons. The van der Waals surface area contributed by atoms with Crippen molar-refractivity contribution in [2.45, 2.75) is 12.3 Å². The SMILES string of the molecule is Cl.NC[C@H]1C[C@@H]1c1ccc2ccccc2c1. The molecule has 0 spiro atoms. The number of hydrogen-bond donors (Lipinski definition) is 1. The van der Waals surface area contributed by atoms with Crippen molar-refractivity contribution in [3.05, 3.63) is 48.0 Å². The molecule has 2 heteroatoms. The maximum Gasteiger partial charge on any atom is -0.00428 e. The molecule has 0 aromatic heterocycles. The Balaban J connectivity index is 0.000000963. The fourth-order valence-corrected chi connectivity index (χ4v) is 2.35. The zero-order valence-corrected chi connectivity index (χ0v) is 9.91. The number of benzene rings is 2. The highest BCUT2D eigenvalue weighted by Crippen LogP contribution is 2.47. The van der Waals surface area contributed by atoms with Crippen LogP contribution < -0.4 is 5.73 Å². The first kappa shape index (κ1) is 11.4. The van der Waals surface area contributed by atoms with E-state index < -0.39 is 0 Å². The molecule has 1 saturated carbocycles. The molecule has 0 saturated heterocycles. The second-order valence-corrected chi connectivity index (χ2v) is 4.44. The summed E-state index contributed by atoms with van der Waals surface area (Å²) in [5.41, 5.74) is 7.14. The molecule has 3 rings (SSSR count). The maximum absolute atomic E-state index is 5.67. The van der Waals surface area contributed by atoms with Gasteiger partial charge in [-0.25, -0.2) is 0 Å². The molecule has 0 bridgehead atoms. The van der Waals surface area contributed by atoms with Crippen molar-refractivity contribution >= 4 is 23.2 Å². The number of rotatable bonds is 2. The van der Waals surface area contributed by atoms with Crippen LogP contribution >= 0.6 is 12.4 Å². The minimum Gasteiger partial charge on any atom is -0.330 e. The minimum atomic E-state index is 0. The van der Waals surface area contributed by atoms with E-state index in [0.717, 1.165) is 18.4 Å². The molecule has 1 aliphatic rings. The average Bonchev–Trinajstić information content (AvgIpc) is 3.08. The quantitative estimate of drug-likeness (QED) is 0.846. The number of hydrogen-bond acceptors (Lipinski definition) is 1. The summed E-state index contributed by atoms with van der Waals surface area (Å²) in [7, 11) is 0. The van der Waals surface area contributed by atoms with Crippen molar-refractivity contribution in [3.63, 3.8) is 0 Å². The zero-order valence-electron chi connectivity index (χ0n) is 9.10. The van der Waals surface area contributed by atoms with Crippen LogP contribution in [-0.4, -0.2) is 6.54 Å². The van der Waals surface area contributed by atoms with E-state index >= 15 is 0 Å². The van der Waals surface area contributed by atoms with Crippen LogP contribution in [0.1, 0.15) is 17.9 Å². The zero-order chi connectivity index (χ0) is 10.3. The lowest BCUT2D eigenvalue weighted by Gasteiger charge is -2.02. The Bertz CT molecular complexity index is 495. The van der Waals surface area contributed by atoms with Crippen LogP contribution in [-0.2, 0) is 0 Å². The molecule has 2 aromatic rings. The van der Waals surface area contributed by atoms with E-state index in [-0.39, 0.29) is 12.4 Å². The van der Waals surface area contributed by atoms with Crippen molar-refractivity contribution < 1.29 is 0 Å². The summed E-state index contributed by atoms with van der Waals surface area (Å²) < 4.78 is 0. The number of fused-ring (bicyclic) bond motifs is 1. The maximum atomic E-state index is 5.67. The normalized spacial score (nSPS) is 22.8.